The lowest BCUT2D eigenvalue weighted by atomic mass is 10.1. The van der Waals surface area contributed by atoms with E-state index in [2.05, 4.69) is 5.32 Å². The largest absolute Gasteiger partial charge is 0.496 e. The van der Waals surface area contributed by atoms with Gasteiger partial charge in [0, 0.05) is 5.69 Å². The Kier molecular flexibility index (Phi) is 5.58. The van der Waals surface area contributed by atoms with Crippen LogP contribution in [0.2, 0.25) is 0 Å². The molecule has 2 aromatic carbocycles. The Morgan fingerprint density at radius 1 is 1.08 bits per heavy atom. The van der Waals surface area contributed by atoms with Crippen LogP contribution < -0.4 is 10.1 Å². The second-order valence-corrected chi connectivity index (χ2v) is 5.56. The molecule has 0 spiro atoms. The number of hydrogen-bond donors (Lipinski definition) is 1. The topological polar surface area (TPSA) is 64.6 Å². The molecule has 2 aromatic rings. The van der Waals surface area contributed by atoms with E-state index < -0.39 is 12.1 Å². The van der Waals surface area contributed by atoms with Gasteiger partial charge < -0.3 is 14.8 Å². The highest BCUT2D eigenvalue weighted by atomic mass is 16.5. The van der Waals surface area contributed by atoms with Gasteiger partial charge in [-0.2, -0.15) is 0 Å². The number of aryl methyl sites for hydroxylation is 2. The molecular weight excluding hydrogens is 306 g/mol. The van der Waals surface area contributed by atoms with Crippen molar-refractivity contribution in [3.63, 3.8) is 0 Å². The number of benzene rings is 2. The molecule has 0 radical (unpaired) electrons. The van der Waals surface area contributed by atoms with Crippen LogP contribution in [0.1, 0.15) is 28.4 Å². The maximum Gasteiger partial charge on any atom is 0.342 e. The highest BCUT2D eigenvalue weighted by Gasteiger charge is 2.21. The molecule has 0 aliphatic carbocycles. The summed E-state index contributed by atoms with van der Waals surface area (Å²) in [5.74, 6) is -0.578. The molecule has 1 amide bonds. The van der Waals surface area contributed by atoms with Crippen LogP contribution in [0.25, 0.3) is 0 Å². The maximum atomic E-state index is 12.3. The summed E-state index contributed by atoms with van der Waals surface area (Å²) in [5.41, 5.74) is 3.05. The van der Waals surface area contributed by atoms with Gasteiger partial charge in [0.1, 0.15) is 11.3 Å². The number of carbonyl (C=O) groups is 2. The minimum atomic E-state index is -0.928. The third-order valence-corrected chi connectivity index (χ3v) is 3.62. The van der Waals surface area contributed by atoms with E-state index in [9.17, 15) is 9.59 Å². The first-order valence-electron chi connectivity index (χ1n) is 7.64. The van der Waals surface area contributed by atoms with Crippen LogP contribution in [0.3, 0.4) is 0 Å². The Morgan fingerprint density at radius 2 is 1.79 bits per heavy atom. The van der Waals surface area contributed by atoms with Gasteiger partial charge >= 0.3 is 5.97 Å². The smallest absolute Gasteiger partial charge is 0.342 e. The SMILES string of the molecule is COc1ccccc1C(=O)O[C@@H](C)C(=O)Nc1ccc(C)cc1C. The third kappa shape index (κ3) is 4.13. The predicted octanol–water partition coefficient (Wildman–Crippen LogP) is 3.50. The summed E-state index contributed by atoms with van der Waals surface area (Å²) in [6.07, 6.45) is -0.928. The first-order valence-corrected chi connectivity index (χ1v) is 7.64. The zero-order valence-corrected chi connectivity index (χ0v) is 14.3. The van der Waals surface area contributed by atoms with Crippen LogP contribution >= 0.6 is 0 Å². The Hall–Kier alpha value is -2.82. The molecule has 0 heterocycles. The van der Waals surface area contributed by atoms with E-state index >= 15 is 0 Å². The van der Waals surface area contributed by atoms with Gasteiger partial charge in [-0.25, -0.2) is 4.79 Å². The summed E-state index contributed by atoms with van der Waals surface area (Å²) >= 11 is 0. The molecule has 24 heavy (non-hydrogen) atoms. The average Bonchev–Trinajstić information content (AvgIpc) is 2.57. The monoisotopic (exact) mass is 327 g/mol. The fourth-order valence-corrected chi connectivity index (χ4v) is 2.28. The molecule has 0 aromatic heterocycles. The summed E-state index contributed by atoms with van der Waals surface area (Å²) in [7, 11) is 1.47. The van der Waals surface area contributed by atoms with Gasteiger partial charge in [-0.1, -0.05) is 29.8 Å². The zero-order chi connectivity index (χ0) is 17.7. The zero-order valence-electron chi connectivity index (χ0n) is 14.3. The minimum Gasteiger partial charge on any atom is -0.496 e. The van der Waals surface area contributed by atoms with Crippen molar-refractivity contribution in [3.05, 3.63) is 59.2 Å². The first-order chi connectivity index (χ1) is 11.4. The molecule has 5 heteroatoms. The summed E-state index contributed by atoms with van der Waals surface area (Å²) in [6.45, 7) is 5.43. The molecule has 0 aliphatic heterocycles. The van der Waals surface area contributed by atoms with Crippen molar-refractivity contribution in [3.8, 4) is 5.75 Å². The van der Waals surface area contributed by atoms with E-state index in [1.807, 2.05) is 32.0 Å². The highest BCUT2D eigenvalue weighted by molar-refractivity contribution is 5.98. The van der Waals surface area contributed by atoms with E-state index in [0.717, 1.165) is 11.1 Å². The molecule has 0 fully saturated rings. The van der Waals surface area contributed by atoms with Crippen LogP contribution in [0, 0.1) is 13.8 Å². The second kappa shape index (κ2) is 7.64. The van der Waals surface area contributed by atoms with Gasteiger partial charge in [0.05, 0.1) is 7.11 Å². The van der Waals surface area contributed by atoms with Crippen molar-refractivity contribution in [2.75, 3.05) is 12.4 Å². The summed E-state index contributed by atoms with van der Waals surface area (Å²) in [4.78, 5) is 24.5. The Balaban J connectivity index is 2.04. The van der Waals surface area contributed by atoms with E-state index in [0.29, 0.717) is 11.4 Å². The molecule has 1 atom stereocenters. The van der Waals surface area contributed by atoms with Crippen LogP contribution in [-0.4, -0.2) is 25.1 Å². The lowest BCUT2D eigenvalue weighted by molar-refractivity contribution is -0.123. The van der Waals surface area contributed by atoms with Crippen molar-refractivity contribution in [2.45, 2.75) is 26.9 Å². The van der Waals surface area contributed by atoms with Crippen LogP contribution in [0.5, 0.6) is 5.75 Å². The van der Waals surface area contributed by atoms with Gasteiger partial charge in [0.2, 0.25) is 0 Å². The number of rotatable bonds is 5. The standard InChI is InChI=1S/C19H21NO4/c1-12-9-10-16(13(2)11-12)20-18(21)14(3)24-19(22)15-7-5-6-8-17(15)23-4/h5-11,14H,1-4H3,(H,20,21)/t14-/m0/s1. The maximum absolute atomic E-state index is 12.3. The summed E-state index contributed by atoms with van der Waals surface area (Å²) < 4.78 is 10.4. The number of carbonyl (C=O) groups excluding carboxylic acids is 2. The van der Waals surface area contributed by atoms with E-state index in [1.54, 1.807) is 24.3 Å². The second-order valence-electron chi connectivity index (χ2n) is 5.56. The number of anilines is 1. The van der Waals surface area contributed by atoms with Gasteiger partial charge in [0.25, 0.3) is 5.91 Å². The number of hydrogen-bond acceptors (Lipinski definition) is 4. The van der Waals surface area contributed by atoms with E-state index in [1.165, 1.54) is 14.0 Å². The van der Waals surface area contributed by atoms with Crippen molar-refractivity contribution in [1.29, 1.82) is 0 Å². The molecule has 1 N–H and O–H groups in total. The number of nitrogens with one attached hydrogen (secondary N) is 1. The van der Waals surface area contributed by atoms with Crippen molar-refractivity contribution < 1.29 is 19.1 Å². The Labute approximate surface area is 141 Å². The average molecular weight is 327 g/mol. The van der Waals surface area contributed by atoms with E-state index in [-0.39, 0.29) is 11.5 Å². The number of esters is 1. The number of methoxy groups -OCH3 is 1. The summed E-state index contributed by atoms with van der Waals surface area (Å²) in [6, 6.07) is 12.4. The lowest BCUT2D eigenvalue weighted by Gasteiger charge is -2.16. The fraction of sp³-hybridized carbons (Fsp3) is 0.263. The molecule has 0 unspecified atom stereocenters. The molecule has 0 bridgehead atoms. The lowest BCUT2D eigenvalue weighted by Crippen LogP contribution is -2.30. The summed E-state index contributed by atoms with van der Waals surface area (Å²) in [5, 5.41) is 2.78. The highest BCUT2D eigenvalue weighted by Crippen LogP contribution is 2.20. The van der Waals surface area contributed by atoms with Crippen LogP contribution in [0.4, 0.5) is 5.69 Å². The molecule has 5 nitrogen and oxygen atoms in total. The fourth-order valence-electron chi connectivity index (χ4n) is 2.28. The van der Waals surface area contributed by atoms with E-state index in [4.69, 9.17) is 9.47 Å². The van der Waals surface area contributed by atoms with Gasteiger partial charge in [-0.05, 0) is 44.5 Å². The predicted molar refractivity (Wildman–Crippen MR) is 92.4 cm³/mol. The number of amides is 1. The molecular formula is C19H21NO4. The third-order valence-electron chi connectivity index (χ3n) is 3.62. The van der Waals surface area contributed by atoms with Crippen molar-refractivity contribution in [2.24, 2.45) is 0 Å². The van der Waals surface area contributed by atoms with Gasteiger partial charge in [-0.15, -0.1) is 0 Å². The quantitative estimate of drug-likeness (QED) is 0.854. The molecule has 0 saturated heterocycles. The molecule has 2 rings (SSSR count). The Bertz CT molecular complexity index is 755. The first kappa shape index (κ1) is 17.5. The van der Waals surface area contributed by atoms with Gasteiger partial charge in [0.15, 0.2) is 6.10 Å². The van der Waals surface area contributed by atoms with Gasteiger partial charge in [-0.3, -0.25) is 4.79 Å². The Morgan fingerprint density at radius 3 is 2.46 bits per heavy atom. The number of ether oxygens (including phenoxy) is 2. The van der Waals surface area contributed by atoms with Crippen molar-refractivity contribution >= 4 is 17.6 Å². The molecule has 0 saturated carbocycles. The number of para-hydroxylation sites is 1. The van der Waals surface area contributed by atoms with Crippen LogP contribution in [0.15, 0.2) is 42.5 Å². The van der Waals surface area contributed by atoms with Crippen LogP contribution in [-0.2, 0) is 9.53 Å². The minimum absolute atomic E-state index is 0.283. The molecule has 126 valence electrons. The molecule has 0 aliphatic rings. The van der Waals surface area contributed by atoms with Crippen molar-refractivity contribution in [1.82, 2.24) is 0 Å². The normalized spacial score (nSPS) is 11.5.